The molecule has 1 aromatic rings. The molecular weight excluding hydrogens is 256 g/mol. The highest BCUT2D eigenvalue weighted by molar-refractivity contribution is 5.77. The van der Waals surface area contributed by atoms with Crippen LogP contribution in [0.2, 0.25) is 0 Å². The van der Waals surface area contributed by atoms with Gasteiger partial charge in [-0.15, -0.1) is 6.42 Å². The number of hydrogen-bond donors (Lipinski definition) is 2. The normalized spacial score (nSPS) is 9.80. The van der Waals surface area contributed by atoms with Crippen LogP contribution < -0.4 is 15.4 Å². The van der Waals surface area contributed by atoms with Gasteiger partial charge >= 0.3 is 0 Å². The first-order valence-electron chi connectivity index (χ1n) is 6.38. The van der Waals surface area contributed by atoms with Gasteiger partial charge in [-0.05, 0) is 17.7 Å². The highest BCUT2D eigenvalue weighted by Gasteiger charge is 2.01. The van der Waals surface area contributed by atoms with Crippen LogP contribution in [0.5, 0.6) is 5.75 Å². The summed E-state index contributed by atoms with van der Waals surface area (Å²) >= 11 is 0. The lowest BCUT2D eigenvalue weighted by molar-refractivity contribution is -0.122. The van der Waals surface area contributed by atoms with E-state index in [1.165, 1.54) is 0 Å². The Kier molecular flexibility index (Phi) is 7.89. The first kappa shape index (κ1) is 16.0. The SMILES string of the molecule is C#CCNC(=O)COc1ccc(CNCCOC)cc1. The van der Waals surface area contributed by atoms with Gasteiger partial charge in [0, 0.05) is 20.2 Å². The van der Waals surface area contributed by atoms with Crippen LogP contribution in [0.15, 0.2) is 24.3 Å². The second-order valence-corrected chi connectivity index (χ2v) is 4.08. The maximum absolute atomic E-state index is 11.3. The third kappa shape index (κ3) is 6.78. The second kappa shape index (κ2) is 9.84. The maximum Gasteiger partial charge on any atom is 0.258 e. The zero-order valence-corrected chi connectivity index (χ0v) is 11.6. The van der Waals surface area contributed by atoms with Crippen molar-refractivity contribution >= 4 is 5.91 Å². The molecule has 0 spiro atoms. The van der Waals surface area contributed by atoms with Crippen molar-refractivity contribution in [3.8, 4) is 18.1 Å². The Balaban J connectivity index is 2.28. The second-order valence-electron chi connectivity index (χ2n) is 4.08. The van der Waals surface area contributed by atoms with E-state index in [9.17, 15) is 4.79 Å². The summed E-state index contributed by atoms with van der Waals surface area (Å²) in [6.45, 7) is 2.45. The van der Waals surface area contributed by atoms with Gasteiger partial charge in [0.1, 0.15) is 5.75 Å². The van der Waals surface area contributed by atoms with Gasteiger partial charge in [-0.3, -0.25) is 4.79 Å². The number of amides is 1. The maximum atomic E-state index is 11.3. The van der Waals surface area contributed by atoms with Crippen molar-refractivity contribution in [2.45, 2.75) is 6.54 Å². The Labute approximate surface area is 119 Å². The van der Waals surface area contributed by atoms with Crippen molar-refractivity contribution in [2.24, 2.45) is 0 Å². The summed E-state index contributed by atoms with van der Waals surface area (Å²) in [6, 6.07) is 7.58. The van der Waals surface area contributed by atoms with Gasteiger partial charge in [0.05, 0.1) is 13.2 Å². The molecular formula is C15H20N2O3. The van der Waals surface area contributed by atoms with Crippen molar-refractivity contribution < 1.29 is 14.3 Å². The monoisotopic (exact) mass is 276 g/mol. The number of nitrogens with one attached hydrogen (secondary N) is 2. The van der Waals surface area contributed by atoms with Crippen LogP contribution in [0.25, 0.3) is 0 Å². The molecule has 108 valence electrons. The molecule has 0 fully saturated rings. The fourth-order valence-electron chi connectivity index (χ4n) is 1.46. The average molecular weight is 276 g/mol. The summed E-state index contributed by atoms with van der Waals surface area (Å²) in [5.41, 5.74) is 1.14. The van der Waals surface area contributed by atoms with Crippen LogP contribution in [-0.4, -0.2) is 39.3 Å². The largest absolute Gasteiger partial charge is 0.484 e. The van der Waals surface area contributed by atoms with Crippen LogP contribution in [-0.2, 0) is 16.1 Å². The zero-order chi connectivity index (χ0) is 14.6. The lowest BCUT2D eigenvalue weighted by Crippen LogP contribution is -2.29. The number of carbonyl (C=O) groups excluding carboxylic acids is 1. The van der Waals surface area contributed by atoms with Crippen LogP contribution in [0.3, 0.4) is 0 Å². The van der Waals surface area contributed by atoms with Gasteiger partial charge in [0.15, 0.2) is 6.61 Å². The highest BCUT2D eigenvalue weighted by atomic mass is 16.5. The van der Waals surface area contributed by atoms with E-state index in [0.717, 1.165) is 18.7 Å². The molecule has 1 amide bonds. The summed E-state index contributed by atoms with van der Waals surface area (Å²) in [5.74, 6) is 2.76. The Morgan fingerprint density at radius 3 is 2.75 bits per heavy atom. The Morgan fingerprint density at radius 2 is 2.10 bits per heavy atom. The summed E-state index contributed by atoms with van der Waals surface area (Å²) in [4.78, 5) is 11.3. The van der Waals surface area contributed by atoms with Crippen LogP contribution in [0.4, 0.5) is 0 Å². The van der Waals surface area contributed by atoms with E-state index < -0.39 is 0 Å². The highest BCUT2D eigenvalue weighted by Crippen LogP contribution is 2.11. The van der Waals surface area contributed by atoms with Crippen molar-refractivity contribution in [3.63, 3.8) is 0 Å². The molecule has 0 aliphatic carbocycles. The molecule has 0 atom stereocenters. The standard InChI is InChI=1S/C15H20N2O3/c1-3-8-17-15(18)12-20-14-6-4-13(5-7-14)11-16-9-10-19-2/h1,4-7,16H,8-12H2,2H3,(H,17,18). The minimum atomic E-state index is -0.228. The Hall–Kier alpha value is -2.03. The lowest BCUT2D eigenvalue weighted by Gasteiger charge is -2.08. The molecule has 0 saturated carbocycles. The molecule has 0 unspecified atom stereocenters. The number of ether oxygens (including phenoxy) is 2. The number of hydrogen-bond acceptors (Lipinski definition) is 4. The number of benzene rings is 1. The van der Waals surface area contributed by atoms with E-state index in [0.29, 0.717) is 12.4 Å². The van der Waals surface area contributed by atoms with Gasteiger partial charge in [-0.2, -0.15) is 0 Å². The molecule has 0 aliphatic heterocycles. The molecule has 2 N–H and O–H groups in total. The summed E-state index contributed by atoms with van der Waals surface area (Å²) in [5, 5.41) is 5.78. The van der Waals surface area contributed by atoms with E-state index in [1.807, 2.05) is 24.3 Å². The smallest absolute Gasteiger partial charge is 0.258 e. The third-order valence-electron chi connectivity index (χ3n) is 2.49. The summed E-state index contributed by atoms with van der Waals surface area (Å²) in [6.07, 6.45) is 5.04. The quantitative estimate of drug-likeness (QED) is 0.511. The van der Waals surface area contributed by atoms with E-state index in [-0.39, 0.29) is 19.1 Å². The fourth-order valence-corrected chi connectivity index (χ4v) is 1.46. The molecule has 1 aromatic carbocycles. The minimum absolute atomic E-state index is 0.0346. The van der Waals surface area contributed by atoms with E-state index in [2.05, 4.69) is 16.6 Å². The molecule has 0 aromatic heterocycles. The first-order valence-corrected chi connectivity index (χ1v) is 6.38. The predicted molar refractivity (Wildman–Crippen MR) is 77.4 cm³/mol. The van der Waals surface area contributed by atoms with Crippen LogP contribution in [0.1, 0.15) is 5.56 Å². The van der Waals surface area contributed by atoms with E-state index in [1.54, 1.807) is 7.11 Å². The number of rotatable bonds is 9. The summed E-state index contributed by atoms with van der Waals surface area (Å²) in [7, 11) is 1.67. The Morgan fingerprint density at radius 1 is 1.35 bits per heavy atom. The van der Waals surface area contributed by atoms with Crippen molar-refractivity contribution in [3.05, 3.63) is 29.8 Å². The molecule has 20 heavy (non-hydrogen) atoms. The van der Waals surface area contributed by atoms with Crippen molar-refractivity contribution in [2.75, 3.05) is 33.4 Å². The molecule has 5 heteroatoms. The zero-order valence-electron chi connectivity index (χ0n) is 11.6. The topological polar surface area (TPSA) is 59.6 Å². The molecule has 5 nitrogen and oxygen atoms in total. The van der Waals surface area contributed by atoms with E-state index in [4.69, 9.17) is 15.9 Å². The lowest BCUT2D eigenvalue weighted by atomic mass is 10.2. The number of terminal acetylenes is 1. The Bertz CT molecular complexity index is 437. The van der Waals surface area contributed by atoms with Crippen molar-refractivity contribution in [1.82, 2.24) is 10.6 Å². The molecule has 0 heterocycles. The molecule has 0 radical (unpaired) electrons. The molecule has 0 saturated heterocycles. The number of carbonyl (C=O) groups is 1. The van der Waals surface area contributed by atoms with E-state index >= 15 is 0 Å². The van der Waals surface area contributed by atoms with Crippen LogP contribution in [0, 0.1) is 12.3 Å². The van der Waals surface area contributed by atoms with Gasteiger partial charge in [0.2, 0.25) is 0 Å². The predicted octanol–water partition coefficient (Wildman–Crippen LogP) is 0.551. The average Bonchev–Trinajstić information content (AvgIpc) is 2.48. The minimum Gasteiger partial charge on any atom is -0.484 e. The van der Waals surface area contributed by atoms with Gasteiger partial charge in [-0.1, -0.05) is 18.1 Å². The van der Waals surface area contributed by atoms with Gasteiger partial charge in [-0.25, -0.2) is 0 Å². The van der Waals surface area contributed by atoms with Gasteiger partial charge in [0.25, 0.3) is 5.91 Å². The van der Waals surface area contributed by atoms with Crippen molar-refractivity contribution in [1.29, 1.82) is 0 Å². The molecule has 0 aliphatic rings. The van der Waals surface area contributed by atoms with Crippen LogP contribution >= 0.6 is 0 Å². The molecule has 0 bridgehead atoms. The molecule has 1 rings (SSSR count). The first-order chi connectivity index (χ1) is 9.76. The third-order valence-corrected chi connectivity index (χ3v) is 2.49. The van der Waals surface area contributed by atoms with Gasteiger partial charge < -0.3 is 20.1 Å². The summed E-state index contributed by atoms with van der Waals surface area (Å²) < 4.78 is 10.3. The number of methoxy groups -OCH3 is 1. The fraction of sp³-hybridized carbons (Fsp3) is 0.400.